The van der Waals surface area contributed by atoms with Crippen molar-refractivity contribution in [3.8, 4) is 24.0 Å². The summed E-state index contributed by atoms with van der Waals surface area (Å²) < 4.78 is 11.3. The Morgan fingerprint density at radius 3 is 1.89 bits per heavy atom. The average molecular weight is 619 g/mol. The van der Waals surface area contributed by atoms with E-state index in [2.05, 4.69) is 64.1 Å². The summed E-state index contributed by atoms with van der Waals surface area (Å²) in [5.41, 5.74) is 6.35. The van der Waals surface area contributed by atoms with Crippen molar-refractivity contribution in [2.24, 2.45) is 22.2 Å². The zero-order valence-corrected chi connectivity index (χ0v) is 28.8. The highest BCUT2D eigenvalue weighted by molar-refractivity contribution is 5.50. The Morgan fingerprint density at radius 1 is 0.739 bits per heavy atom. The summed E-state index contributed by atoms with van der Waals surface area (Å²) in [6.45, 7) is 9.99. The van der Waals surface area contributed by atoms with Crippen LogP contribution in [0.2, 0.25) is 0 Å². The van der Waals surface area contributed by atoms with E-state index in [1.165, 1.54) is 125 Å². The Kier molecular flexibility index (Phi) is 8.19. The van der Waals surface area contributed by atoms with Gasteiger partial charge in [0.15, 0.2) is 0 Å². The maximum absolute atomic E-state index is 9.61. The van der Waals surface area contributed by atoms with Crippen LogP contribution in [0.15, 0.2) is 36.4 Å². The standard InChI is InChI=1S/C42H54N2O2/c1-5-40-22-32-23-41(24-40,39(2,3)4)26-42(25-40,33-17-19-37(46-28-44)35(21-33)30-14-10-7-11-15-30)38(32)31-16-18-36(45-27-43)34(20-31)29-12-8-6-9-13-29/h16-21,29-30,32,38H,5-15,22-26H2,1-4H3. The molecule has 6 aliphatic carbocycles. The molecule has 0 spiro atoms. The van der Waals surface area contributed by atoms with E-state index in [1.54, 1.807) is 0 Å². The van der Waals surface area contributed by atoms with Crippen molar-refractivity contribution in [1.82, 2.24) is 0 Å². The Hall–Kier alpha value is -2.98. The van der Waals surface area contributed by atoms with Gasteiger partial charge in [0.1, 0.15) is 11.5 Å². The summed E-state index contributed by atoms with van der Waals surface area (Å²) in [5.74, 6) is 3.50. The second-order valence-corrected chi connectivity index (χ2v) is 17.3. The van der Waals surface area contributed by atoms with Crippen molar-refractivity contribution in [3.05, 3.63) is 58.7 Å². The molecule has 0 aromatic heterocycles. The first kappa shape index (κ1) is 31.6. The summed E-state index contributed by atoms with van der Waals surface area (Å²) in [6, 6.07) is 14.0. The van der Waals surface area contributed by atoms with Gasteiger partial charge < -0.3 is 9.47 Å². The van der Waals surface area contributed by atoms with Crippen LogP contribution in [0.1, 0.15) is 170 Å². The Balaban J connectivity index is 1.42. The first-order chi connectivity index (χ1) is 22.2. The lowest BCUT2D eigenvalue weighted by Crippen LogP contribution is -2.65. The number of benzene rings is 2. The third-order valence-corrected chi connectivity index (χ3v) is 14.2. The van der Waals surface area contributed by atoms with Crippen LogP contribution >= 0.6 is 0 Å². The number of nitriles is 2. The van der Waals surface area contributed by atoms with E-state index >= 15 is 0 Å². The third kappa shape index (κ3) is 5.14. The quantitative estimate of drug-likeness (QED) is 0.290. The molecule has 5 atom stereocenters. The lowest BCUT2D eigenvalue weighted by molar-refractivity contribution is -0.182. The number of nitrogens with zero attached hydrogens (tertiary/aromatic N) is 2. The lowest BCUT2D eigenvalue weighted by atomic mass is 9.31. The second kappa shape index (κ2) is 11.9. The van der Waals surface area contributed by atoms with Crippen LogP contribution in [0.3, 0.4) is 0 Å². The summed E-state index contributed by atoms with van der Waals surface area (Å²) in [4.78, 5) is 0. The molecule has 0 amide bonds. The minimum Gasteiger partial charge on any atom is -0.388 e. The van der Waals surface area contributed by atoms with Gasteiger partial charge in [0.25, 0.3) is 12.5 Å². The third-order valence-electron chi connectivity index (χ3n) is 14.2. The van der Waals surface area contributed by atoms with E-state index in [4.69, 9.17) is 9.47 Å². The van der Waals surface area contributed by atoms with Gasteiger partial charge in [0.05, 0.1) is 0 Å². The Morgan fingerprint density at radius 2 is 1.33 bits per heavy atom. The van der Waals surface area contributed by atoms with Crippen LogP contribution in [0.4, 0.5) is 0 Å². The van der Waals surface area contributed by atoms with Crippen LogP contribution in [0, 0.1) is 45.2 Å². The molecule has 4 bridgehead atoms. The lowest BCUT2D eigenvalue weighted by Gasteiger charge is -2.73. The summed E-state index contributed by atoms with van der Waals surface area (Å²) in [5, 5.41) is 19.2. The molecule has 244 valence electrons. The summed E-state index contributed by atoms with van der Waals surface area (Å²) in [6.07, 6.45) is 24.0. The van der Waals surface area contributed by atoms with Gasteiger partial charge in [-0.3, -0.25) is 0 Å². The molecule has 5 unspecified atom stereocenters. The summed E-state index contributed by atoms with van der Waals surface area (Å²) >= 11 is 0. The van der Waals surface area contributed by atoms with Gasteiger partial charge >= 0.3 is 0 Å². The van der Waals surface area contributed by atoms with Crippen LogP contribution < -0.4 is 9.47 Å². The van der Waals surface area contributed by atoms with Crippen molar-refractivity contribution in [2.45, 2.75) is 154 Å². The van der Waals surface area contributed by atoms with Crippen molar-refractivity contribution in [3.63, 3.8) is 0 Å². The van der Waals surface area contributed by atoms with Crippen LogP contribution in [-0.4, -0.2) is 0 Å². The number of rotatable bonds is 7. The largest absolute Gasteiger partial charge is 0.388 e. The maximum atomic E-state index is 9.61. The molecule has 0 N–H and O–H groups in total. The molecule has 4 heteroatoms. The zero-order valence-electron chi connectivity index (χ0n) is 28.8. The van der Waals surface area contributed by atoms with E-state index in [-0.39, 0.29) is 10.8 Å². The second-order valence-electron chi connectivity index (χ2n) is 17.3. The van der Waals surface area contributed by atoms with Gasteiger partial charge in [0, 0.05) is 5.41 Å². The average Bonchev–Trinajstić information content (AvgIpc) is 3.05. The topological polar surface area (TPSA) is 66.0 Å². The van der Waals surface area contributed by atoms with Crippen LogP contribution in [-0.2, 0) is 5.41 Å². The van der Waals surface area contributed by atoms with Gasteiger partial charge in [-0.2, -0.15) is 0 Å². The Bertz CT molecular complexity index is 1530. The molecule has 46 heavy (non-hydrogen) atoms. The zero-order chi connectivity index (χ0) is 32.2. The molecule has 2 aromatic rings. The van der Waals surface area contributed by atoms with Crippen LogP contribution in [0.25, 0.3) is 0 Å². The van der Waals surface area contributed by atoms with Gasteiger partial charge in [-0.25, -0.2) is 0 Å². The van der Waals surface area contributed by atoms with Gasteiger partial charge in [-0.15, -0.1) is 10.5 Å². The monoisotopic (exact) mass is 618 g/mol. The van der Waals surface area contributed by atoms with E-state index in [0.717, 1.165) is 11.5 Å². The fraction of sp³-hybridized carbons (Fsp3) is 0.667. The van der Waals surface area contributed by atoms with Gasteiger partial charge in [0.2, 0.25) is 0 Å². The number of hydrogen-bond acceptors (Lipinski definition) is 4. The summed E-state index contributed by atoms with van der Waals surface area (Å²) in [7, 11) is 0. The van der Waals surface area contributed by atoms with E-state index < -0.39 is 0 Å². The van der Waals surface area contributed by atoms with Crippen LogP contribution in [0.5, 0.6) is 11.5 Å². The van der Waals surface area contributed by atoms with Gasteiger partial charge in [-0.05, 0) is 132 Å². The molecular formula is C42H54N2O2. The molecule has 0 heterocycles. The molecule has 4 nitrogen and oxygen atoms in total. The molecule has 6 fully saturated rings. The molecule has 6 aliphatic rings. The van der Waals surface area contributed by atoms with Crippen molar-refractivity contribution >= 4 is 0 Å². The molecule has 2 aromatic carbocycles. The minimum atomic E-state index is 0.0126. The fourth-order valence-electron chi connectivity index (χ4n) is 12.1. The van der Waals surface area contributed by atoms with E-state index in [0.29, 0.717) is 34.5 Å². The normalized spacial score (nSPS) is 32.9. The highest BCUT2D eigenvalue weighted by atomic mass is 16.5. The van der Waals surface area contributed by atoms with E-state index in [9.17, 15) is 10.5 Å². The number of hydrogen-bond donors (Lipinski definition) is 0. The predicted molar refractivity (Wildman–Crippen MR) is 183 cm³/mol. The maximum Gasteiger partial charge on any atom is 0.292 e. The Labute approximate surface area is 277 Å². The fourth-order valence-corrected chi connectivity index (χ4v) is 12.1. The molecular weight excluding hydrogens is 564 g/mol. The number of ether oxygens (including phenoxy) is 2. The van der Waals surface area contributed by atoms with Crippen molar-refractivity contribution < 1.29 is 9.47 Å². The molecule has 0 aliphatic heterocycles. The first-order valence-electron chi connectivity index (χ1n) is 18.6. The first-order valence-corrected chi connectivity index (χ1v) is 18.6. The minimum absolute atomic E-state index is 0.0126. The predicted octanol–water partition coefficient (Wildman–Crippen LogP) is 11.6. The van der Waals surface area contributed by atoms with E-state index in [1.807, 2.05) is 12.5 Å². The molecule has 0 radical (unpaired) electrons. The highest BCUT2D eigenvalue weighted by Crippen LogP contribution is 2.78. The smallest absolute Gasteiger partial charge is 0.292 e. The molecule has 6 saturated carbocycles. The highest BCUT2D eigenvalue weighted by Gasteiger charge is 2.69. The SMILES string of the molecule is CCC12CC3CC(C(C)(C)C)(C1)CC(c1ccc(OC#N)c(C4CCCCC4)c1)(C2)C3c1ccc(OC#N)c(C2CCCCC2)c1. The molecule has 0 saturated heterocycles. The van der Waals surface area contributed by atoms with Crippen molar-refractivity contribution in [2.75, 3.05) is 0 Å². The van der Waals surface area contributed by atoms with Gasteiger partial charge in [-0.1, -0.05) is 96.9 Å². The van der Waals surface area contributed by atoms with Crippen molar-refractivity contribution in [1.29, 1.82) is 10.5 Å². The molecule has 8 rings (SSSR count).